The Morgan fingerprint density at radius 3 is 2.75 bits per heavy atom. The van der Waals surface area contributed by atoms with Crippen LogP contribution in [0.4, 0.5) is 8.78 Å². The molecule has 0 atom stereocenters. The van der Waals surface area contributed by atoms with Crippen molar-refractivity contribution in [3.63, 3.8) is 0 Å². The highest BCUT2D eigenvalue weighted by molar-refractivity contribution is 7.98. The molecule has 1 aromatic heterocycles. The van der Waals surface area contributed by atoms with E-state index in [1.54, 1.807) is 13.0 Å². The van der Waals surface area contributed by atoms with Crippen molar-refractivity contribution < 1.29 is 18.0 Å². The SMILES string of the molecule is Cc1oc(C(=O)NN)cc1CSc1ccc(F)c(F)c1. The van der Waals surface area contributed by atoms with Crippen molar-refractivity contribution in [1.82, 2.24) is 5.43 Å². The molecule has 1 aromatic carbocycles. The zero-order valence-electron chi connectivity index (χ0n) is 10.6. The van der Waals surface area contributed by atoms with Crippen molar-refractivity contribution in [2.75, 3.05) is 0 Å². The van der Waals surface area contributed by atoms with Crippen LogP contribution in [0.5, 0.6) is 0 Å². The smallest absolute Gasteiger partial charge is 0.300 e. The summed E-state index contributed by atoms with van der Waals surface area (Å²) in [6, 6.07) is 5.27. The summed E-state index contributed by atoms with van der Waals surface area (Å²) in [5, 5.41) is 0. The van der Waals surface area contributed by atoms with Crippen molar-refractivity contribution in [3.8, 4) is 0 Å². The first-order valence-corrected chi connectivity index (χ1v) is 6.68. The van der Waals surface area contributed by atoms with Crippen molar-refractivity contribution in [1.29, 1.82) is 0 Å². The number of thioether (sulfide) groups is 1. The van der Waals surface area contributed by atoms with Crippen LogP contribution < -0.4 is 11.3 Å². The molecule has 1 amide bonds. The van der Waals surface area contributed by atoms with Gasteiger partial charge in [0.05, 0.1) is 0 Å². The van der Waals surface area contributed by atoms with Crippen LogP contribution in [0.1, 0.15) is 21.9 Å². The molecule has 0 spiro atoms. The Labute approximate surface area is 118 Å². The van der Waals surface area contributed by atoms with E-state index in [0.717, 1.165) is 17.7 Å². The summed E-state index contributed by atoms with van der Waals surface area (Å²) < 4.78 is 31.1. The Balaban J connectivity index is 2.08. The van der Waals surface area contributed by atoms with Crippen LogP contribution in [0.15, 0.2) is 33.6 Å². The quantitative estimate of drug-likeness (QED) is 0.394. The number of hydrogen-bond donors (Lipinski definition) is 2. The van der Waals surface area contributed by atoms with Crippen LogP contribution >= 0.6 is 11.8 Å². The van der Waals surface area contributed by atoms with E-state index in [0.29, 0.717) is 16.4 Å². The molecule has 0 bridgehead atoms. The maximum absolute atomic E-state index is 13.1. The Morgan fingerprint density at radius 2 is 2.10 bits per heavy atom. The standard InChI is InChI=1S/C13H12F2N2O2S/c1-7-8(4-12(19-7)13(18)17-16)6-20-9-2-3-10(14)11(15)5-9/h2-5H,6,16H2,1H3,(H,17,18). The highest BCUT2D eigenvalue weighted by atomic mass is 32.2. The molecule has 7 heteroatoms. The van der Waals surface area contributed by atoms with Crippen LogP contribution in [0.2, 0.25) is 0 Å². The molecule has 0 unspecified atom stereocenters. The lowest BCUT2D eigenvalue weighted by atomic mass is 10.3. The summed E-state index contributed by atoms with van der Waals surface area (Å²) in [5.41, 5.74) is 2.77. The Kier molecular flexibility index (Phi) is 4.41. The zero-order valence-corrected chi connectivity index (χ0v) is 11.4. The van der Waals surface area contributed by atoms with E-state index < -0.39 is 17.5 Å². The van der Waals surface area contributed by atoms with E-state index in [1.165, 1.54) is 17.8 Å². The second-order valence-electron chi connectivity index (χ2n) is 4.03. The molecule has 3 N–H and O–H groups in total. The molecule has 2 aromatic rings. The summed E-state index contributed by atoms with van der Waals surface area (Å²) in [5.74, 6) is 3.90. The average molecular weight is 298 g/mol. The summed E-state index contributed by atoms with van der Waals surface area (Å²) in [4.78, 5) is 11.9. The summed E-state index contributed by atoms with van der Waals surface area (Å²) in [6.07, 6.45) is 0. The number of furan rings is 1. The second-order valence-corrected chi connectivity index (χ2v) is 5.08. The van der Waals surface area contributed by atoms with Crippen molar-refractivity contribution in [2.45, 2.75) is 17.6 Å². The minimum atomic E-state index is -0.887. The van der Waals surface area contributed by atoms with E-state index in [-0.39, 0.29) is 5.76 Å². The normalized spacial score (nSPS) is 10.6. The summed E-state index contributed by atoms with van der Waals surface area (Å²) in [6.45, 7) is 1.72. The first kappa shape index (κ1) is 14.5. The minimum absolute atomic E-state index is 0.117. The first-order valence-electron chi connectivity index (χ1n) is 5.69. The molecule has 0 aliphatic heterocycles. The molecular formula is C13H12F2N2O2S. The number of aryl methyl sites for hydroxylation is 1. The molecule has 0 saturated carbocycles. The van der Waals surface area contributed by atoms with Gasteiger partial charge in [-0.1, -0.05) is 0 Å². The van der Waals surface area contributed by atoms with Gasteiger partial charge in [-0.15, -0.1) is 11.8 Å². The lowest BCUT2D eigenvalue weighted by Crippen LogP contribution is -2.29. The maximum atomic E-state index is 13.1. The van der Waals surface area contributed by atoms with Crippen molar-refractivity contribution >= 4 is 17.7 Å². The molecule has 106 valence electrons. The number of hydrazine groups is 1. The van der Waals surface area contributed by atoms with Crippen LogP contribution in [-0.4, -0.2) is 5.91 Å². The highest BCUT2D eigenvalue weighted by Crippen LogP contribution is 2.27. The molecule has 4 nitrogen and oxygen atoms in total. The molecule has 1 heterocycles. The monoisotopic (exact) mass is 298 g/mol. The lowest BCUT2D eigenvalue weighted by molar-refractivity contribution is 0.0924. The summed E-state index contributed by atoms with van der Waals surface area (Å²) in [7, 11) is 0. The number of rotatable bonds is 4. The van der Waals surface area contributed by atoms with Crippen molar-refractivity contribution in [2.24, 2.45) is 5.84 Å². The number of carbonyl (C=O) groups is 1. The van der Waals surface area contributed by atoms with E-state index in [9.17, 15) is 13.6 Å². The first-order chi connectivity index (χ1) is 9.51. The molecular weight excluding hydrogens is 286 g/mol. The Bertz CT molecular complexity index is 643. The molecule has 2 rings (SSSR count). The van der Waals surface area contributed by atoms with Crippen LogP contribution in [0.3, 0.4) is 0 Å². The molecule has 0 fully saturated rings. The highest BCUT2D eigenvalue weighted by Gasteiger charge is 2.13. The average Bonchev–Trinajstić information content (AvgIpc) is 2.80. The largest absolute Gasteiger partial charge is 0.456 e. The van der Waals surface area contributed by atoms with E-state index in [2.05, 4.69) is 0 Å². The summed E-state index contributed by atoms with van der Waals surface area (Å²) >= 11 is 1.31. The van der Waals surface area contributed by atoms with Gasteiger partial charge in [0.25, 0.3) is 0 Å². The van der Waals surface area contributed by atoms with Crippen LogP contribution in [0, 0.1) is 18.6 Å². The number of hydrogen-bond acceptors (Lipinski definition) is 4. The van der Waals surface area contributed by atoms with Crippen LogP contribution in [-0.2, 0) is 5.75 Å². The topological polar surface area (TPSA) is 68.3 Å². The maximum Gasteiger partial charge on any atom is 0.300 e. The fourth-order valence-electron chi connectivity index (χ4n) is 1.57. The Morgan fingerprint density at radius 1 is 1.35 bits per heavy atom. The van der Waals surface area contributed by atoms with Gasteiger partial charge in [0, 0.05) is 16.2 Å². The van der Waals surface area contributed by atoms with Gasteiger partial charge in [-0.25, -0.2) is 14.6 Å². The zero-order chi connectivity index (χ0) is 14.7. The van der Waals surface area contributed by atoms with Crippen LogP contribution in [0.25, 0.3) is 0 Å². The second kappa shape index (κ2) is 6.06. The van der Waals surface area contributed by atoms with E-state index >= 15 is 0 Å². The number of amides is 1. The number of carbonyl (C=O) groups excluding carboxylic acids is 1. The number of nitrogens with two attached hydrogens (primary N) is 1. The van der Waals surface area contributed by atoms with Gasteiger partial charge in [0.1, 0.15) is 5.76 Å². The Hall–Kier alpha value is -1.86. The molecule has 0 aliphatic rings. The number of halogens is 2. The van der Waals surface area contributed by atoms with Gasteiger partial charge in [-0.3, -0.25) is 10.2 Å². The van der Waals surface area contributed by atoms with E-state index in [4.69, 9.17) is 10.3 Å². The minimum Gasteiger partial charge on any atom is -0.456 e. The molecule has 0 aliphatic carbocycles. The third kappa shape index (κ3) is 3.17. The number of nitrogen functional groups attached to an aromatic ring is 1. The van der Waals surface area contributed by atoms with E-state index in [1.807, 2.05) is 5.43 Å². The van der Waals surface area contributed by atoms with Gasteiger partial charge in [0.15, 0.2) is 17.4 Å². The van der Waals surface area contributed by atoms with Crippen molar-refractivity contribution in [3.05, 3.63) is 53.0 Å². The van der Waals surface area contributed by atoms with Gasteiger partial charge < -0.3 is 4.42 Å². The molecule has 0 saturated heterocycles. The number of benzene rings is 1. The third-order valence-electron chi connectivity index (χ3n) is 2.66. The predicted molar refractivity (Wildman–Crippen MR) is 71.0 cm³/mol. The fourth-order valence-corrected chi connectivity index (χ4v) is 2.53. The van der Waals surface area contributed by atoms with Gasteiger partial charge in [0.2, 0.25) is 0 Å². The third-order valence-corrected chi connectivity index (χ3v) is 3.70. The predicted octanol–water partition coefficient (Wildman–Crippen LogP) is 2.76. The lowest BCUT2D eigenvalue weighted by Gasteiger charge is -2.01. The van der Waals surface area contributed by atoms with Gasteiger partial charge in [-0.2, -0.15) is 0 Å². The van der Waals surface area contributed by atoms with Gasteiger partial charge >= 0.3 is 5.91 Å². The van der Waals surface area contributed by atoms with Gasteiger partial charge in [-0.05, 0) is 31.2 Å². The number of nitrogens with one attached hydrogen (secondary N) is 1. The molecule has 0 radical (unpaired) electrons. The molecule has 20 heavy (non-hydrogen) atoms. The fraction of sp³-hybridized carbons (Fsp3) is 0.154.